The molecular weight excluding hydrogens is 753 g/mol. The lowest BCUT2D eigenvalue weighted by molar-refractivity contribution is -0.117. The fourth-order valence-corrected chi connectivity index (χ4v) is 7.39. The van der Waals surface area contributed by atoms with E-state index in [9.17, 15) is 14.4 Å². The molecule has 14 heteroatoms. The van der Waals surface area contributed by atoms with Crippen molar-refractivity contribution in [2.24, 2.45) is 15.7 Å². The number of benzene rings is 4. The zero-order valence-electron chi connectivity index (χ0n) is 33.1. The second kappa shape index (κ2) is 16.5. The molecule has 302 valence electrons. The summed E-state index contributed by atoms with van der Waals surface area (Å²) >= 11 is 0. The Morgan fingerprint density at radius 1 is 0.712 bits per heavy atom. The number of nitrogens with two attached hydrogens (primary N) is 1. The first-order valence-corrected chi connectivity index (χ1v) is 19.3. The van der Waals surface area contributed by atoms with Crippen LogP contribution in [0.4, 0.5) is 17.1 Å². The van der Waals surface area contributed by atoms with Gasteiger partial charge >= 0.3 is 0 Å². The van der Waals surface area contributed by atoms with Crippen molar-refractivity contribution >= 4 is 58.4 Å². The Balaban J connectivity index is 0.891. The van der Waals surface area contributed by atoms with E-state index in [4.69, 9.17) is 39.4 Å². The van der Waals surface area contributed by atoms with Crippen molar-refractivity contribution < 1.29 is 38.1 Å². The second-order valence-electron chi connectivity index (χ2n) is 14.5. The second-order valence-corrected chi connectivity index (χ2v) is 14.5. The lowest BCUT2D eigenvalue weighted by Crippen LogP contribution is -2.32. The van der Waals surface area contributed by atoms with Crippen molar-refractivity contribution in [2.45, 2.75) is 44.3 Å². The van der Waals surface area contributed by atoms with Crippen LogP contribution in [0.25, 0.3) is 11.1 Å². The van der Waals surface area contributed by atoms with Gasteiger partial charge in [0.25, 0.3) is 11.8 Å². The summed E-state index contributed by atoms with van der Waals surface area (Å²) < 4.78 is 28.8. The first-order valence-electron chi connectivity index (χ1n) is 19.3. The summed E-state index contributed by atoms with van der Waals surface area (Å²) in [6.45, 7) is 2.20. The summed E-state index contributed by atoms with van der Waals surface area (Å²) in [5.41, 5.74) is 12.1. The Bertz CT molecular complexity index is 2420. The van der Waals surface area contributed by atoms with Crippen LogP contribution in [0.1, 0.15) is 58.0 Å². The number of anilines is 1. The van der Waals surface area contributed by atoms with Gasteiger partial charge in [-0.25, -0.2) is 0 Å². The summed E-state index contributed by atoms with van der Waals surface area (Å²) in [6.07, 6.45) is 9.05. The van der Waals surface area contributed by atoms with E-state index in [0.29, 0.717) is 70.4 Å². The maximum absolute atomic E-state index is 13.8. The van der Waals surface area contributed by atoms with E-state index in [-0.39, 0.29) is 43.0 Å². The molecule has 1 unspecified atom stereocenters. The Morgan fingerprint density at radius 3 is 1.63 bits per heavy atom. The number of rotatable bonds is 13. The molecule has 0 spiro atoms. The number of hydrogen-bond donors (Lipinski definition) is 2. The highest BCUT2D eigenvalue weighted by atomic mass is 16.5. The molecule has 4 aliphatic rings. The molecule has 14 nitrogen and oxygen atoms in total. The first kappa shape index (κ1) is 38.9. The number of hydrogen-bond acceptors (Lipinski definition) is 11. The molecule has 0 bridgehead atoms. The van der Waals surface area contributed by atoms with Gasteiger partial charge in [0.05, 0.1) is 75.2 Å². The molecule has 0 saturated heterocycles. The molecule has 4 aromatic carbocycles. The van der Waals surface area contributed by atoms with Crippen LogP contribution < -0.4 is 34.7 Å². The van der Waals surface area contributed by atoms with Gasteiger partial charge in [0.1, 0.15) is 5.75 Å². The summed E-state index contributed by atoms with van der Waals surface area (Å²) in [5, 5.41) is 2.78. The molecule has 3 atom stereocenters. The van der Waals surface area contributed by atoms with Crippen LogP contribution in [0, 0.1) is 0 Å². The predicted molar refractivity (Wildman–Crippen MR) is 225 cm³/mol. The van der Waals surface area contributed by atoms with E-state index in [1.54, 1.807) is 60.5 Å². The standard InChI is InChI=1S/C45H44N6O8/c1-26(46)43(52)49-31-10-6-27(7-11-31)29-16-32-22-47-37-20-41(39(56-3)18-35(37)44(53)50(32)24-29)58-14-5-15-59-42-21-38-36(19-40(42)57-4)45(54)51-25-30(17-33(51)23-48-38)28-8-12-34(55-2)13-9-28/h6-13,18-26,32-33H,5,14-17,46H2,1-4H3,(H,49,52)/t26-,32?,33-/m0/s1. The van der Waals surface area contributed by atoms with Crippen LogP contribution in [0.3, 0.4) is 0 Å². The lowest BCUT2D eigenvalue weighted by atomic mass is 10.0. The van der Waals surface area contributed by atoms with Crippen LogP contribution >= 0.6 is 0 Å². The topological polar surface area (TPSA) is 167 Å². The highest BCUT2D eigenvalue weighted by Gasteiger charge is 2.35. The van der Waals surface area contributed by atoms with Gasteiger partial charge in [0.15, 0.2) is 23.0 Å². The molecule has 59 heavy (non-hydrogen) atoms. The minimum absolute atomic E-state index is 0.167. The fourth-order valence-electron chi connectivity index (χ4n) is 7.39. The minimum Gasteiger partial charge on any atom is -0.497 e. The number of methoxy groups -OCH3 is 3. The number of amides is 3. The number of carbonyl (C=O) groups excluding carboxylic acids is 3. The zero-order valence-corrected chi connectivity index (χ0v) is 33.1. The van der Waals surface area contributed by atoms with Crippen molar-refractivity contribution in [1.29, 1.82) is 0 Å². The Labute approximate surface area is 341 Å². The molecule has 3 amide bonds. The number of ether oxygens (including phenoxy) is 5. The van der Waals surface area contributed by atoms with Crippen LogP contribution in [-0.4, -0.2) is 92.6 Å². The molecular formula is C45H44N6O8. The third-order valence-corrected chi connectivity index (χ3v) is 10.6. The predicted octanol–water partition coefficient (Wildman–Crippen LogP) is 6.79. The van der Waals surface area contributed by atoms with Gasteiger partial charge in [-0.05, 0) is 65.6 Å². The van der Waals surface area contributed by atoms with Crippen molar-refractivity contribution in [2.75, 3.05) is 39.9 Å². The summed E-state index contributed by atoms with van der Waals surface area (Å²) in [7, 11) is 4.69. The molecule has 4 aliphatic heterocycles. The zero-order chi connectivity index (χ0) is 41.2. The van der Waals surface area contributed by atoms with Gasteiger partial charge in [-0.15, -0.1) is 0 Å². The smallest absolute Gasteiger partial charge is 0.260 e. The highest BCUT2D eigenvalue weighted by molar-refractivity contribution is 6.06. The number of nitrogens with one attached hydrogen (secondary N) is 1. The van der Waals surface area contributed by atoms with Crippen molar-refractivity contribution in [3.05, 3.63) is 107 Å². The Kier molecular flexibility index (Phi) is 10.9. The lowest BCUT2D eigenvalue weighted by Gasteiger charge is -2.19. The molecule has 0 saturated carbocycles. The quantitative estimate of drug-likeness (QED) is 0.139. The van der Waals surface area contributed by atoms with E-state index in [1.165, 1.54) is 14.2 Å². The van der Waals surface area contributed by atoms with E-state index >= 15 is 0 Å². The van der Waals surface area contributed by atoms with Crippen molar-refractivity contribution in [3.63, 3.8) is 0 Å². The van der Waals surface area contributed by atoms with E-state index in [1.807, 2.05) is 60.9 Å². The van der Waals surface area contributed by atoms with Gasteiger partial charge in [-0.3, -0.25) is 24.4 Å². The van der Waals surface area contributed by atoms with Crippen LogP contribution in [0.2, 0.25) is 0 Å². The van der Waals surface area contributed by atoms with Crippen LogP contribution in [0.15, 0.2) is 95.2 Å². The van der Waals surface area contributed by atoms with Gasteiger partial charge in [-0.2, -0.15) is 0 Å². The average Bonchev–Trinajstić information content (AvgIpc) is 3.83. The van der Waals surface area contributed by atoms with E-state index in [2.05, 4.69) is 5.32 Å². The summed E-state index contributed by atoms with van der Waals surface area (Å²) in [5.74, 6) is 1.87. The number of nitrogens with zero attached hydrogens (tertiary/aromatic N) is 4. The molecule has 0 fully saturated rings. The average molecular weight is 797 g/mol. The maximum atomic E-state index is 13.8. The van der Waals surface area contributed by atoms with Gasteiger partial charge in [-0.1, -0.05) is 24.3 Å². The Morgan fingerprint density at radius 2 is 1.19 bits per heavy atom. The van der Waals surface area contributed by atoms with Crippen molar-refractivity contribution in [1.82, 2.24) is 9.80 Å². The first-order chi connectivity index (χ1) is 28.6. The maximum Gasteiger partial charge on any atom is 0.260 e. The molecule has 3 N–H and O–H groups in total. The monoisotopic (exact) mass is 796 g/mol. The molecule has 0 aromatic heterocycles. The molecule has 4 heterocycles. The molecule has 0 radical (unpaired) electrons. The fraction of sp³-hybridized carbons (Fsp3) is 0.267. The van der Waals surface area contributed by atoms with Gasteiger partial charge in [0.2, 0.25) is 5.91 Å². The SMILES string of the molecule is COc1ccc(C2=CN3C(=O)c4cc(OC)c(OCCCOc5cc6c(cc5OC)C(=O)N5C=C(c7ccc(NC(=O)[C@H](C)N)cc7)CC5C=N6)cc4N=C[C@@H]3C2)cc1. The third kappa shape index (κ3) is 7.86. The van der Waals surface area contributed by atoms with Crippen LogP contribution in [0.5, 0.6) is 28.7 Å². The number of carbonyl (C=O) groups is 3. The van der Waals surface area contributed by atoms with Gasteiger partial charge < -0.3 is 44.5 Å². The minimum atomic E-state index is -0.617. The van der Waals surface area contributed by atoms with Crippen molar-refractivity contribution in [3.8, 4) is 28.7 Å². The largest absolute Gasteiger partial charge is 0.497 e. The molecule has 8 rings (SSSR count). The summed E-state index contributed by atoms with van der Waals surface area (Å²) in [4.78, 5) is 52.4. The molecule has 0 aliphatic carbocycles. The van der Waals surface area contributed by atoms with E-state index < -0.39 is 6.04 Å². The third-order valence-electron chi connectivity index (χ3n) is 10.6. The number of fused-ring (bicyclic) bond motifs is 4. The normalized spacial score (nSPS) is 18.1. The Hall–Kier alpha value is -6.93. The summed E-state index contributed by atoms with van der Waals surface area (Å²) in [6, 6.07) is 20.9. The molecule has 4 aromatic rings. The van der Waals surface area contributed by atoms with Crippen LogP contribution in [-0.2, 0) is 4.79 Å². The highest BCUT2D eigenvalue weighted by Crippen LogP contribution is 2.42. The number of aliphatic imine (C=N–C) groups is 2. The van der Waals surface area contributed by atoms with E-state index in [0.717, 1.165) is 28.0 Å². The van der Waals surface area contributed by atoms with Gasteiger partial charge in [0, 0.05) is 61.9 Å².